The van der Waals surface area contributed by atoms with E-state index >= 15 is 0 Å². The first kappa shape index (κ1) is 14.0. The summed E-state index contributed by atoms with van der Waals surface area (Å²) in [6, 6.07) is 5.14. The molecule has 2 N–H and O–H groups in total. The Morgan fingerprint density at radius 2 is 2.18 bits per heavy atom. The highest BCUT2D eigenvalue weighted by atomic mass is 35.5. The normalized spacial score (nSPS) is 9.59. The van der Waals surface area contributed by atoms with Crippen molar-refractivity contribution in [2.24, 2.45) is 0 Å². The number of halogens is 2. The second kappa shape index (κ2) is 6.64. The molecule has 0 unspecified atom stereocenters. The number of benzene rings is 1. The standard InChI is InChI=1S/C10H10Cl2N2O2S/c1-16-10(15)14-9(17)13-5-6-2-3-7(11)4-8(6)12/h2-4H,5H2,1H3,(H2,13,14,15,17). The number of methoxy groups -OCH3 is 1. The highest BCUT2D eigenvalue weighted by Crippen LogP contribution is 2.20. The van der Waals surface area contributed by atoms with Crippen LogP contribution in [0.2, 0.25) is 10.0 Å². The molecule has 0 aliphatic carbocycles. The summed E-state index contributed by atoms with van der Waals surface area (Å²) in [7, 11) is 1.26. The molecule has 0 aliphatic heterocycles. The summed E-state index contributed by atoms with van der Waals surface area (Å²) in [5.41, 5.74) is 0.824. The number of amides is 1. The molecule has 1 aromatic rings. The van der Waals surface area contributed by atoms with Crippen LogP contribution in [0, 0.1) is 0 Å². The van der Waals surface area contributed by atoms with E-state index in [0.717, 1.165) is 5.56 Å². The third kappa shape index (κ3) is 4.77. The Bertz CT molecular complexity index is 440. The number of carbonyl (C=O) groups excluding carboxylic acids is 1. The highest BCUT2D eigenvalue weighted by molar-refractivity contribution is 7.80. The van der Waals surface area contributed by atoms with E-state index in [9.17, 15) is 4.79 Å². The van der Waals surface area contributed by atoms with Gasteiger partial charge in [0, 0.05) is 16.6 Å². The molecule has 0 aromatic heterocycles. The van der Waals surface area contributed by atoms with E-state index in [4.69, 9.17) is 35.4 Å². The number of thiocarbonyl (C=S) groups is 1. The van der Waals surface area contributed by atoms with Gasteiger partial charge in [0.05, 0.1) is 7.11 Å². The quantitative estimate of drug-likeness (QED) is 0.823. The van der Waals surface area contributed by atoms with E-state index in [1.807, 2.05) is 0 Å². The summed E-state index contributed by atoms with van der Waals surface area (Å²) >= 11 is 16.6. The minimum Gasteiger partial charge on any atom is -0.453 e. The Kier molecular flexibility index (Phi) is 5.47. The fourth-order valence-corrected chi connectivity index (χ4v) is 1.66. The van der Waals surface area contributed by atoms with Gasteiger partial charge in [0.25, 0.3) is 0 Å². The average molecular weight is 293 g/mol. The summed E-state index contributed by atoms with van der Waals surface area (Å²) in [6.07, 6.45) is -0.621. The Morgan fingerprint density at radius 3 is 2.76 bits per heavy atom. The van der Waals surface area contributed by atoms with Crippen LogP contribution in [0.1, 0.15) is 5.56 Å². The predicted molar refractivity (Wildman–Crippen MR) is 71.4 cm³/mol. The lowest BCUT2D eigenvalue weighted by Gasteiger charge is -2.09. The van der Waals surface area contributed by atoms with Gasteiger partial charge in [-0.3, -0.25) is 5.32 Å². The molecule has 1 aromatic carbocycles. The number of hydrogen-bond acceptors (Lipinski definition) is 3. The fraction of sp³-hybridized carbons (Fsp3) is 0.200. The molecule has 1 amide bonds. The van der Waals surface area contributed by atoms with E-state index in [-0.39, 0.29) is 5.11 Å². The zero-order valence-corrected chi connectivity index (χ0v) is 11.2. The molecule has 0 radical (unpaired) electrons. The van der Waals surface area contributed by atoms with Crippen molar-refractivity contribution < 1.29 is 9.53 Å². The van der Waals surface area contributed by atoms with Crippen LogP contribution in [0.15, 0.2) is 18.2 Å². The molecule has 0 fully saturated rings. The molecule has 0 aliphatic rings. The minimum atomic E-state index is -0.621. The number of alkyl carbamates (subject to hydrolysis) is 1. The van der Waals surface area contributed by atoms with Crippen molar-refractivity contribution >= 4 is 46.6 Å². The van der Waals surface area contributed by atoms with E-state index in [1.54, 1.807) is 18.2 Å². The molecule has 92 valence electrons. The van der Waals surface area contributed by atoms with Gasteiger partial charge >= 0.3 is 6.09 Å². The fourth-order valence-electron chi connectivity index (χ4n) is 1.03. The van der Waals surface area contributed by atoms with Crippen molar-refractivity contribution in [3.8, 4) is 0 Å². The van der Waals surface area contributed by atoms with Gasteiger partial charge in [-0.15, -0.1) is 0 Å². The van der Waals surface area contributed by atoms with Gasteiger partial charge in [0.2, 0.25) is 0 Å². The van der Waals surface area contributed by atoms with Gasteiger partial charge in [-0.25, -0.2) is 4.79 Å². The summed E-state index contributed by atoms with van der Waals surface area (Å²) in [4.78, 5) is 10.8. The van der Waals surface area contributed by atoms with Gasteiger partial charge in [-0.1, -0.05) is 29.3 Å². The molecule has 1 rings (SSSR count). The topological polar surface area (TPSA) is 50.4 Å². The van der Waals surface area contributed by atoms with Gasteiger partial charge in [-0.2, -0.15) is 0 Å². The maximum Gasteiger partial charge on any atom is 0.413 e. The smallest absolute Gasteiger partial charge is 0.413 e. The van der Waals surface area contributed by atoms with Gasteiger partial charge in [0.15, 0.2) is 5.11 Å². The molecular weight excluding hydrogens is 283 g/mol. The van der Waals surface area contributed by atoms with Crippen LogP contribution >= 0.6 is 35.4 Å². The second-order valence-electron chi connectivity index (χ2n) is 3.03. The third-order valence-corrected chi connectivity index (χ3v) is 2.69. The highest BCUT2D eigenvalue weighted by Gasteiger charge is 2.05. The number of hydrogen-bond donors (Lipinski definition) is 2. The lowest BCUT2D eigenvalue weighted by atomic mass is 10.2. The lowest BCUT2D eigenvalue weighted by molar-refractivity contribution is 0.176. The van der Waals surface area contributed by atoms with Crippen molar-refractivity contribution in [1.29, 1.82) is 0 Å². The van der Waals surface area contributed by atoms with Crippen molar-refractivity contribution in [2.75, 3.05) is 7.11 Å². The van der Waals surface area contributed by atoms with Gasteiger partial charge < -0.3 is 10.1 Å². The molecule has 17 heavy (non-hydrogen) atoms. The van der Waals surface area contributed by atoms with Gasteiger partial charge in [0.1, 0.15) is 0 Å². The Morgan fingerprint density at radius 1 is 1.47 bits per heavy atom. The molecule has 0 bridgehead atoms. The monoisotopic (exact) mass is 292 g/mol. The van der Waals surface area contributed by atoms with Crippen LogP contribution in [0.4, 0.5) is 4.79 Å². The van der Waals surface area contributed by atoms with Crippen molar-refractivity contribution in [1.82, 2.24) is 10.6 Å². The zero-order chi connectivity index (χ0) is 12.8. The van der Waals surface area contributed by atoms with Crippen molar-refractivity contribution in [2.45, 2.75) is 6.54 Å². The third-order valence-electron chi connectivity index (χ3n) is 1.86. The minimum absolute atomic E-state index is 0.169. The largest absolute Gasteiger partial charge is 0.453 e. The maximum absolute atomic E-state index is 10.8. The summed E-state index contributed by atoms with van der Waals surface area (Å²) in [5.74, 6) is 0. The number of rotatable bonds is 2. The average Bonchev–Trinajstić information content (AvgIpc) is 2.27. The molecule has 7 heteroatoms. The molecule has 0 heterocycles. The summed E-state index contributed by atoms with van der Waals surface area (Å²) < 4.78 is 4.39. The van der Waals surface area contributed by atoms with Crippen LogP contribution in [0.5, 0.6) is 0 Å². The van der Waals surface area contributed by atoms with Crippen LogP contribution in [-0.2, 0) is 11.3 Å². The van der Waals surface area contributed by atoms with Crippen LogP contribution in [0.25, 0.3) is 0 Å². The SMILES string of the molecule is COC(=O)NC(=S)NCc1ccc(Cl)cc1Cl. The maximum atomic E-state index is 10.8. The van der Waals surface area contributed by atoms with E-state index in [0.29, 0.717) is 16.6 Å². The first-order valence-corrected chi connectivity index (χ1v) is 5.76. The van der Waals surface area contributed by atoms with E-state index in [1.165, 1.54) is 7.11 Å². The molecular formula is C10H10Cl2N2O2S. The first-order chi connectivity index (χ1) is 8.02. The van der Waals surface area contributed by atoms with Crippen LogP contribution < -0.4 is 10.6 Å². The number of nitrogens with one attached hydrogen (secondary N) is 2. The Balaban J connectivity index is 2.50. The second-order valence-corrected chi connectivity index (χ2v) is 4.29. The van der Waals surface area contributed by atoms with E-state index < -0.39 is 6.09 Å². The molecule has 0 saturated carbocycles. The van der Waals surface area contributed by atoms with Gasteiger partial charge in [-0.05, 0) is 29.9 Å². The molecule has 4 nitrogen and oxygen atoms in total. The molecule has 0 saturated heterocycles. The van der Waals surface area contributed by atoms with Crippen LogP contribution in [0.3, 0.4) is 0 Å². The van der Waals surface area contributed by atoms with E-state index in [2.05, 4.69) is 15.4 Å². The Hall–Kier alpha value is -1.04. The summed E-state index contributed by atoms with van der Waals surface area (Å²) in [6.45, 7) is 0.388. The first-order valence-electron chi connectivity index (χ1n) is 4.59. The molecule has 0 atom stereocenters. The number of carbonyl (C=O) groups is 1. The Labute approximate surface area is 114 Å². The lowest BCUT2D eigenvalue weighted by Crippen LogP contribution is -2.38. The predicted octanol–water partition coefficient (Wildman–Crippen LogP) is 2.72. The van der Waals surface area contributed by atoms with Crippen LogP contribution in [-0.4, -0.2) is 18.3 Å². The summed E-state index contributed by atoms with van der Waals surface area (Å²) in [5, 5.41) is 6.40. The zero-order valence-electron chi connectivity index (χ0n) is 8.92. The van der Waals surface area contributed by atoms with Crippen molar-refractivity contribution in [3.63, 3.8) is 0 Å². The molecule has 0 spiro atoms. The van der Waals surface area contributed by atoms with Crippen molar-refractivity contribution in [3.05, 3.63) is 33.8 Å². The number of ether oxygens (including phenoxy) is 1.